The number of thioether (sulfide) groups is 1. The summed E-state index contributed by atoms with van der Waals surface area (Å²) in [7, 11) is 0. The second-order valence-electron chi connectivity index (χ2n) is 6.57. The molecule has 0 atom stereocenters. The van der Waals surface area contributed by atoms with E-state index in [1.54, 1.807) is 0 Å². The van der Waals surface area contributed by atoms with Crippen molar-refractivity contribution in [1.29, 1.82) is 0 Å². The molecule has 126 valence electrons. The largest absolute Gasteiger partial charge is 0.355 e. The average Bonchev–Trinajstić information content (AvgIpc) is 2.62. The van der Waals surface area contributed by atoms with Crippen molar-refractivity contribution >= 4 is 17.6 Å². The second-order valence-corrected chi connectivity index (χ2v) is 7.79. The Balaban J connectivity index is 1.56. The van der Waals surface area contributed by atoms with Crippen LogP contribution in [-0.2, 0) is 19.5 Å². The Labute approximate surface area is 148 Å². The van der Waals surface area contributed by atoms with Crippen molar-refractivity contribution in [1.82, 2.24) is 14.9 Å². The number of hydrogen-bond acceptors (Lipinski definition) is 5. The molecular formula is C19H24N4S. The predicted octanol–water partition coefficient (Wildman–Crippen LogP) is 2.90. The Morgan fingerprint density at radius 3 is 2.62 bits per heavy atom. The van der Waals surface area contributed by atoms with Crippen molar-refractivity contribution < 1.29 is 0 Å². The molecule has 0 N–H and O–H groups in total. The van der Waals surface area contributed by atoms with Crippen molar-refractivity contribution in [3.8, 4) is 0 Å². The van der Waals surface area contributed by atoms with Crippen molar-refractivity contribution in [3.05, 3.63) is 53.0 Å². The van der Waals surface area contributed by atoms with E-state index in [2.05, 4.69) is 40.1 Å². The Hall–Kier alpha value is -1.59. The van der Waals surface area contributed by atoms with Gasteiger partial charge in [0.05, 0.1) is 5.69 Å². The van der Waals surface area contributed by atoms with Gasteiger partial charge >= 0.3 is 0 Å². The number of aryl methyl sites for hydroxylation is 1. The van der Waals surface area contributed by atoms with Crippen LogP contribution in [0.1, 0.15) is 22.6 Å². The molecule has 0 aliphatic carbocycles. The van der Waals surface area contributed by atoms with Crippen LogP contribution in [0.3, 0.4) is 0 Å². The Morgan fingerprint density at radius 2 is 1.83 bits per heavy atom. The molecule has 1 saturated heterocycles. The number of aromatic nitrogens is 2. The molecule has 24 heavy (non-hydrogen) atoms. The summed E-state index contributed by atoms with van der Waals surface area (Å²) in [5.74, 6) is 4.52. The fraction of sp³-hybridized carbons (Fsp3) is 0.474. The van der Waals surface area contributed by atoms with E-state index in [1.807, 2.05) is 18.7 Å². The summed E-state index contributed by atoms with van der Waals surface area (Å²) in [6, 6.07) is 10.7. The molecule has 5 heteroatoms. The van der Waals surface area contributed by atoms with Gasteiger partial charge in [0.1, 0.15) is 11.6 Å². The average molecular weight is 340 g/mol. The molecule has 1 aromatic carbocycles. The summed E-state index contributed by atoms with van der Waals surface area (Å²) in [5.41, 5.74) is 4.00. The fourth-order valence-corrected chi connectivity index (χ4v) is 4.50. The zero-order valence-electron chi connectivity index (χ0n) is 14.2. The van der Waals surface area contributed by atoms with Crippen LogP contribution in [0.15, 0.2) is 30.3 Å². The number of anilines is 1. The molecule has 0 radical (unpaired) electrons. The van der Waals surface area contributed by atoms with Crippen LogP contribution in [0.2, 0.25) is 0 Å². The van der Waals surface area contributed by atoms with Crippen LogP contribution in [0.5, 0.6) is 0 Å². The lowest BCUT2D eigenvalue weighted by atomic mass is 10.0. The van der Waals surface area contributed by atoms with Crippen LogP contribution in [0, 0.1) is 6.92 Å². The third kappa shape index (κ3) is 3.42. The zero-order valence-corrected chi connectivity index (χ0v) is 15.1. The summed E-state index contributed by atoms with van der Waals surface area (Å²) in [6.07, 6.45) is 1.06. The van der Waals surface area contributed by atoms with Crippen molar-refractivity contribution in [2.24, 2.45) is 0 Å². The molecular weight excluding hydrogens is 316 g/mol. The number of fused-ring (bicyclic) bond motifs is 1. The van der Waals surface area contributed by atoms with Gasteiger partial charge < -0.3 is 4.90 Å². The lowest BCUT2D eigenvalue weighted by Crippen LogP contribution is -2.37. The number of nitrogens with zero attached hydrogens (tertiary/aromatic N) is 4. The highest BCUT2D eigenvalue weighted by Crippen LogP contribution is 2.28. The molecule has 0 saturated carbocycles. The standard InChI is InChI=1S/C19H24N4S/c1-15-20-18-14-22(13-16-5-3-2-4-6-16)8-7-17(18)19(21-15)23-9-11-24-12-10-23/h2-6H,7-14H2,1H3. The first-order valence-corrected chi connectivity index (χ1v) is 9.90. The zero-order chi connectivity index (χ0) is 16.4. The van der Waals surface area contributed by atoms with E-state index in [1.165, 1.54) is 34.1 Å². The molecule has 0 bridgehead atoms. The summed E-state index contributed by atoms with van der Waals surface area (Å²) < 4.78 is 0. The second kappa shape index (κ2) is 7.11. The van der Waals surface area contributed by atoms with E-state index in [4.69, 9.17) is 9.97 Å². The van der Waals surface area contributed by atoms with E-state index in [-0.39, 0.29) is 0 Å². The molecule has 2 aromatic rings. The lowest BCUT2D eigenvalue weighted by molar-refractivity contribution is 0.241. The van der Waals surface area contributed by atoms with Crippen LogP contribution in [0.25, 0.3) is 0 Å². The quantitative estimate of drug-likeness (QED) is 0.858. The first-order valence-electron chi connectivity index (χ1n) is 8.75. The molecule has 1 fully saturated rings. The van der Waals surface area contributed by atoms with Crippen molar-refractivity contribution in [2.75, 3.05) is 36.0 Å². The normalized spacial score (nSPS) is 18.5. The van der Waals surface area contributed by atoms with Gasteiger partial charge in [-0.2, -0.15) is 11.8 Å². The summed E-state index contributed by atoms with van der Waals surface area (Å²) in [4.78, 5) is 14.6. The highest BCUT2D eigenvalue weighted by atomic mass is 32.2. The van der Waals surface area contributed by atoms with Crippen molar-refractivity contribution in [3.63, 3.8) is 0 Å². The molecule has 0 spiro atoms. The third-order valence-electron chi connectivity index (χ3n) is 4.79. The van der Waals surface area contributed by atoms with Crippen LogP contribution in [0.4, 0.5) is 5.82 Å². The van der Waals surface area contributed by atoms with E-state index >= 15 is 0 Å². The van der Waals surface area contributed by atoms with E-state index in [0.29, 0.717) is 0 Å². The smallest absolute Gasteiger partial charge is 0.135 e. The number of rotatable bonds is 3. The van der Waals surface area contributed by atoms with Gasteiger partial charge in [-0.3, -0.25) is 4.90 Å². The minimum atomic E-state index is 0.906. The Bertz CT molecular complexity index is 698. The van der Waals surface area contributed by atoms with Gasteiger partial charge in [-0.15, -0.1) is 0 Å². The Kier molecular flexibility index (Phi) is 4.72. The topological polar surface area (TPSA) is 32.3 Å². The van der Waals surface area contributed by atoms with Gasteiger partial charge in [0, 0.05) is 49.8 Å². The molecule has 4 nitrogen and oxygen atoms in total. The van der Waals surface area contributed by atoms with E-state index in [0.717, 1.165) is 45.0 Å². The van der Waals surface area contributed by atoms with Gasteiger partial charge in [0.2, 0.25) is 0 Å². The maximum absolute atomic E-state index is 4.81. The molecule has 0 amide bonds. The first-order chi connectivity index (χ1) is 11.8. The first kappa shape index (κ1) is 15.9. The minimum Gasteiger partial charge on any atom is -0.355 e. The number of benzene rings is 1. The molecule has 0 unspecified atom stereocenters. The third-order valence-corrected chi connectivity index (χ3v) is 5.74. The maximum Gasteiger partial charge on any atom is 0.135 e. The lowest BCUT2D eigenvalue weighted by Gasteiger charge is -2.34. The SMILES string of the molecule is Cc1nc2c(c(N3CCSCC3)n1)CCN(Cc1ccccc1)C2. The van der Waals surface area contributed by atoms with Crippen molar-refractivity contribution in [2.45, 2.75) is 26.4 Å². The Morgan fingerprint density at radius 1 is 1.04 bits per heavy atom. The number of hydrogen-bond donors (Lipinski definition) is 0. The predicted molar refractivity (Wildman–Crippen MR) is 101 cm³/mol. The van der Waals surface area contributed by atoms with Crippen LogP contribution >= 0.6 is 11.8 Å². The molecule has 2 aliphatic rings. The van der Waals surface area contributed by atoms with Gasteiger partial charge in [0.25, 0.3) is 0 Å². The highest BCUT2D eigenvalue weighted by Gasteiger charge is 2.25. The van der Waals surface area contributed by atoms with Gasteiger partial charge in [0.15, 0.2) is 0 Å². The monoisotopic (exact) mass is 340 g/mol. The highest BCUT2D eigenvalue weighted by molar-refractivity contribution is 7.99. The van der Waals surface area contributed by atoms with Gasteiger partial charge in [-0.25, -0.2) is 9.97 Å². The van der Waals surface area contributed by atoms with Crippen LogP contribution in [-0.4, -0.2) is 46.0 Å². The van der Waals surface area contributed by atoms with Gasteiger partial charge in [-0.1, -0.05) is 30.3 Å². The summed E-state index contributed by atoms with van der Waals surface area (Å²) >= 11 is 2.04. The van der Waals surface area contributed by atoms with Crippen LogP contribution < -0.4 is 4.90 Å². The minimum absolute atomic E-state index is 0.906. The van der Waals surface area contributed by atoms with E-state index in [9.17, 15) is 0 Å². The molecule has 4 rings (SSSR count). The van der Waals surface area contributed by atoms with E-state index < -0.39 is 0 Å². The fourth-order valence-electron chi connectivity index (χ4n) is 3.60. The maximum atomic E-state index is 4.81. The van der Waals surface area contributed by atoms with Gasteiger partial charge in [-0.05, 0) is 18.9 Å². The molecule has 2 aliphatic heterocycles. The molecule has 3 heterocycles. The summed E-state index contributed by atoms with van der Waals surface area (Å²) in [5, 5.41) is 0. The molecule has 1 aromatic heterocycles. The summed E-state index contributed by atoms with van der Waals surface area (Å²) in [6.45, 7) is 7.27.